The van der Waals surface area contributed by atoms with E-state index in [2.05, 4.69) is 32.9 Å². The summed E-state index contributed by atoms with van der Waals surface area (Å²) in [5.74, 6) is 0.269. The van der Waals surface area contributed by atoms with Gasteiger partial charge in [-0.05, 0) is 31.3 Å². The van der Waals surface area contributed by atoms with Crippen LogP contribution in [0.3, 0.4) is 0 Å². The molecule has 0 aliphatic rings. The topological polar surface area (TPSA) is 26.3 Å². The lowest BCUT2D eigenvalue weighted by molar-refractivity contribution is -0.148. The maximum absolute atomic E-state index is 11.5. The number of esters is 1. The molecule has 0 aliphatic carbocycles. The third kappa shape index (κ3) is 10.8. The third-order valence-electron chi connectivity index (χ3n) is 3.18. The molecule has 0 aromatic rings. The summed E-state index contributed by atoms with van der Waals surface area (Å²) in [6, 6.07) is 0. The molecule has 0 aromatic heterocycles. The van der Waals surface area contributed by atoms with Crippen molar-refractivity contribution >= 4 is 5.97 Å². The van der Waals surface area contributed by atoms with Gasteiger partial charge in [0.15, 0.2) is 0 Å². The normalized spacial score (nSPS) is 13.1. The third-order valence-corrected chi connectivity index (χ3v) is 3.18. The van der Waals surface area contributed by atoms with Crippen LogP contribution in [0.5, 0.6) is 0 Å². The van der Waals surface area contributed by atoms with E-state index in [1.165, 1.54) is 32.1 Å². The Morgan fingerprint density at radius 2 is 1.74 bits per heavy atom. The summed E-state index contributed by atoms with van der Waals surface area (Å²) in [5.41, 5.74) is 0. The second-order valence-electron chi connectivity index (χ2n) is 5.58. The van der Waals surface area contributed by atoms with Crippen molar-refractivity contribution in [2.75, 3.05) is 0 Å². The molecule has 0 spiro atoms. The van der Waals surface area contributed by atoms with Crippen molar-refractivity contribution in [2.45, 2.75) is 85.2 Å². The number of ether oxygens (including phenoxy) is 1. The second-order valence-corrected chi connectivity index (χ2v) is 5.58. The van der Waals surface area contributed by atoms with Crippen LogP contribution in [-0.4, -0.2) is 12.1 Å². The van der Waals surface area contributed by atoms with E-state index in [9.17, 15) is 4.79 Å². The summed E-state index contributed by atoms with van der Waals surface area (Å²) >= 11 is 0. The molecule has 1 unspecified atom stereocenters. The van der Waals surface area contributed by atoms with Crippen LogP contribution in [0.15, 0.2) is 12.2 Å². The molecule has 0 rings (SSSR count). The molecule has 2 heteroatoms. The zero-order valence-electron chi connectivity index (χ0n) is 13.3. The molecule has 0 N–H and O–H groups in total. The van der Waals surface area contributed by atoms with Crippen molar-refractivity contribution < 1.29 is 9.53 Å². The Kier molecular flexibility index (Phi) is 11.7. The van der Waals surface area contributed by atoms with Gasteiger partial charge in [-0.2, -0.15) is 0 Å². The highest BCUT2D eigenvalue weighted by atomic mass is 16.5. The zero-order chi connectivity index (χ0) is 14.5. The Morgan fingerprint density at radius 3 is 2.32 bits per heavy atom. The van der Waals surface area contributed by atoms with Gasteiger partial charge in [0, 0.05) is 6.42 Å². The number of hydrogen-bond acceptors (Lipinski definition) is 2. The summed E-state index contributed by atoms with van der Waals surface area (Å²) in [5, 5.41) is 0. The van der Waals surface area contributed by atoms with Crippen LogP contribution in [0.25, 0.3) is 0 Å². The quantitative estimate of drug-likeness (QED) is 0.290. The molecular formula is C17H32O2. The molecule has 2 nitrogen and oxygen atoms in total. The molecule has 112 valence electrons. The van der Waals surface area contributed by atoms with E-state index in [1.807, 2.05) is 6.92 Å². The van der Waals surface area contributed by atoms with Crippen LogP contribution in [0.1, 0.15) is 79.1 Å². The monoisotopic (exact) mass is 268 g/mol. The van der Waals surface area contributed by atoms with Gasteiger partial charge in [-0.3, -0.25) is 4.79 Å². The van der Waals surface area contributed by atoms with Gasteiger partial charge in [-0.1, -0.05) is 59.5 Å². The van der Waals surface area contributed by atoms with Gasteiger partial charge in [0.25, 0.3) is 0 Å². The van der Waals surface area contributed by atoms with Crippen LogP contribution >= 0.6 is 0 Å². The first-order valence-corrected chi connectivity index (χ1v) is 7.97. The van der Waals surface area contributed by atoms with Crippen molar-refractivity contribution in [1.82, 2.24) is 0 Å². The van der Waals surface area contributed by atoms with Crippen molar-refractivity contribution in [3.05, 3.63) is 12.2 Å². The summed E-state index contributed by atoms with van der Waals surface area (Å²) in [6.45, 7) is 8.42. The molecule has 0 aromatic carbocycles. The zero-order valence-corrected chi connectivity index (χ0v) is 13.3. The minimum absolute atomic E-state index is 0.0605. The standard InChI is InChI=1S/C17H32O2/c1-5-7-8-9-10-11-12-14-16(15(3)4)19-17(18)13-6-2/h12,14-16H,5-11,13H2,1-4H3. The van der Waals surface area contributed by atoms with Gasteiger partial charge in [0.1, 0.15) is 6.10 Å². The highest BCUT2D eigenvalue weighted by Crippen LogP contribution is 2.12. The van der Waals surface area contributed by atoms with Crippen LogP contribution in [-0.2, 0) is 9.53 Å². The van der Waals surface area contributed by atoms with Gasteiger partial charge in [0.05, 0.1) is 0 Å². The number of carbonyl (C=O) groups excluding carboxylic acids is 1. The molecule has 0 saturated heterocycles. The summed E-state index contributed by atoms with van der Waals surface area (Å²) in [7, 11) is 0. The number of hydrogen-bond donors (Lipinski definition) is 0. The summed E-state index contributed by atoms with van der Waals surface area (Å²) < 4.78 is 5.47. The van der Waals surface area contributed by atoms with E-state index in [1.54, 1.807) is 0 Å². The Hall–Kier alpha value is -0.790. The van der Waals surface area contributed by atoms with Crippen molar-refractivity contribution in [2.24, 2.45) is 5.92 Å². The van der Waals surface area contributed by atoms with Crippen molar-refractivity contribution in [1.29, 1.82) is 0 Å². The summed E-state index contributed by atoms with van der Waals surface area (Å²) in [6.07, 6.45) is 13.2. The van der Waals surface area contributed by atoms with E-state index in [-0.39, 0.29) is 12.1 Å². The maximum Gasteiger partial charge on any atom is 0.306 e. The number of unbranched alkanes of at least 4 members (excludes halogenated alkanes) is 5. The van der Waals surface area contributed by atoms with E-state index < -0.39 is 0 Å². The van der Waals surface area contributed by atoms with Gasteiger partial charge in [-0.25, -0.2) is 0 Å². The number of carbonyl (C=O) groups is 1. The molecule has 19 heavy (non-hydrogen) atoms. The Morgan fingerprint density at radius 1 is 1.05 bits per heavy atom. The first-order chi connectivity index (χ1) is 9.11. The lowest BCUT2D eigenvalue weighted by atomic mass is 10.1. The fourth-order valence-corrected chi connectivity index (χ4v) is 1.91. The van der Waals surface area contributed by atoms with Gasteiger partial charge in [-0.15, -0.1) is 0 Å². The number of rotatable bonds is 11. The molecule has 0 radical (unpaired) electrons. The Labute approximate surface area is 119 Å². The van der Waals surface area contributed by atoms with Crippen molar-refractivity contribution in [3.63, 3.8) is 0 Å². The smallest absolute Gasteiger partial charge is 0.306 e. The minimum Gasteiger partial charge on any atom is -0.458 e. The first kappa shape index (κ1) is 18.2. The van der Waals surface area contributed by atoms with E-state index in [4.69, 9.17) is 4.74 Å². The highest BCUT2D eigenvalue weighted by Gasteiger charge is 2.14. The Bertz CT molecular complexity index is 244. The maximum atomic E-state index is 11.5. The molecule has 0 aliphatic heterocycles. The first-order valence-electron chi connectivity index (χ1n) is 7.97. The lowest BCUT2D eigenvalue weighted by Gasteiger charge is -2.17. The molecule has 0 amide bonds. The SMILES string of the molecule is CCCCCCCC=CC(OC(=O)CCC)C(C)C. The van der Waals surface area contributed by atoms with Crippen molar-refractivity contribution in [3.8, 4) is 0 Å². The van der Waals surface area contributed by atoms with Crippen LogP contribution in [0.2, 0.25) is 0 Å². The van der Waals surface area contributed by atoms with Gasteiger partial charge < -0.3 is 4.74 Å². The Balaban J connectivity index is 3.89. The fourth-order valence-electron chi connectivity index (χ4n) is 1.91. The van der Waals surface area contributed by atoms with Gasteiger partial charge >= 0.3 is 5.97 Å². The molecule has 0 fully saturated rings. The van der Waals surface area contributed by atoms with Crippen LogP contribution in [0, 0.1) is 5.92 Å². The largest absolute Gasteiger partial charge is 0.458 e. The lowest BCUT2D eigenvalue weighted by Crippen LogP contribution is -2.21. The molecule has 1 atom stereocenters. The predicted octanol–water partition coefficient (Wildman–Crippen LogP) is 5.27. The average Bonchev–Trinajstić information content (AvgIpc) is 2.36. The predicted molar refractivity (Wildman–Crippen MR) is 82.1 cm³/mol. The number of allylic oxidation sites excluding steroid dienone is 1. The summed E-state index contributed by atoms with van der Waals surface area (Å²) in [4.78, 5) is 11.5. The molecular weight excluding hydrogens is 236 g/mol. The van der Waals surface area contributed by atoms with Crippen LogP contribution < -0.4 is 0 Å². The fraction of sp³-hybridized carbons (Fsp3) is 0.824. The van der Waals surface area contributed by atoms with E-state index in [0.29, 0.717) is 12.3 Å². The van der Waals surface area contributed by atoms with Gasteiger partial charge in [0.2, 0.25) is 0 Å². The minimum atomic E-state index is -0.0752. The second kappa shape index (κ2) is 12.3. The highest BCUT2D eigenvalue weighted by molar-refractivity contribution is 5.69. The molecule has 0 bridgehead atoms. The van der Waals surface area contributed by atoms with Crippen LogP contribution in [0.4, 0.5) is 0 Å². The molecule has 0 saturated carbocycles. The van der Waals surface area contributed by atoms with E-state index in [0.717, 1.165) is 12.8 Å². The van der Waals surface area contributed by atoms with E-state index >= 15 is 0 Å². The average molecular weight is 268 g/mol. The molecule has 0 heterocycles.